The van der Waals surface area contributed by atoms with E-state index in [1.165, 1.54) is 0 Å². The minimum Gasteiger partial charge on any atom is -0.370 e. The number of rotatable bonds is 3. The Morgan fingerprint density at radius 3 is 2.88 bits per heavy atom. The number of azide groups is 1. The van der Waals surface area contributed by atoms with Gasteiger partial charge in [-0.1, -0.05) is 12.1 Å². The summed E-state index contributed by atoms with van der Waals surface area (Å²) < 4.78 is 5.80. The Morgan fingerprint density at radius 1 is 1.40 bits per heavy atom. The summed E-state index contributed by atoms with van der Waals surface area (Å²) in [7, 11) is 0. The van der Waals surface area contributed by atoms with Crippen LogP contribution in [0.1, 0.15) is 36.1 Å². The van der Waals surface area contributed by atoms with Gasteiger partial charge in [0.05, 0.1) is 17.8 Å². The van der Waals surface area contributed by atoms with Gasteiger partial charge in [0.1, 0.15) is 17.7 Å². The number of nitrogens with zero attached hydrogens (tertiary/aromatic N) is 5. The molecule has 126 valence electrons. The van der Waals surface area contributed by atoms with Crippen LogP contribution in [0.2, 0.25) is 0 Å². The number of aromatic nitrogens is 1. The number of hydrogen-bond donors (Lipinski definition) is 1. The topological polar surface area (TPSA) is 107 Å². The van der Waals surface area contributed by atoms with Crippen LogP contribution in [0, 0.1) is 18.3 Å². The van der Waals surface area contributed by atoms with Crippen molar-refractivity contribution in [1.29, 1.82) is 5.26 Å². The number of pyridine rings is 1. The fraction of sp³-hybridized carbons (Fsp3) is 0.333. The molecule has 0 fully saturated rings. The van der Waals surface area contributed by atoms with Gasteiger partial charge in [-0.3, -0.25) is 0 Å². The lowest BCUT2D eigenvalue weighted by Crippen LogP contribution is -2.32. The van der Waals surface area contributed by atoms with E-state index in [1.807, 2.05) is 45.0 Å². The number of ether oxygens (including phenoxy) is 1. The Bertz CT molecular complexity index is 922. The van der Waals surface area contributed by atoms with Crippen molar-refractivity contribution in [3.63, 3.8) is 0 Å². The van der Waals surface area contributed by atoms with Crippen LogP contribution in [0.25, 0.3) is 10.4 Å². The van der Waals surface area contributed by atoms with Crippen LogP contribution in [0.3, 0.4) is 0 Å². The van der Waals surface area contributed by atoms with E-state index in [0.29, 0.717) is 23.4 Å². The van der Waals surface area contributed by atoms with E-state index in [9.17, 15) is 5.26 Å². The van der Waals surface area contributed by atoms with E-state index in [0.717, 1.165) is 16.8 Å². The van der Waals surface area contributed by atoms with E-state index in [-0.39, 0.29) is 12.4 Å². The first kappa shape index (κ1) is 16.8. The maximum Gasteiger partial charge on any atom is 0.149 e. The quantitative estimate of drug-likeness (QED) is 0.494. The molecule has 0 saturated carbocycles. The molecule has 1 aromatic carbocycles. The van der Waals surface area contributed by atoms with Crippen molar-refractivity contribution in [2.75, 3.05) is 5.32 Å². The van der Waals surface area contributed by atoms with E-state index < -0.39 is 5.60 Å². The Kier molecular flexibility index (Phi) is 4.32. The Hall–Kier alpha value is -3.07. The molecule has 0 aliphatic carbocycles. The number of aryl methyl sites for hydroxylation is 1. The number of benzene rings is 1. The highest BCUT2D eigenvalue weighted by Crippen LogP contribution is 2.38. The maximum absolute atomic E-state index is 9.72. The van der Waals surface area contributed by atoms with Gasteiger partial charge in [-0.05, 0) is 54.7 Å². The van der Waals surface area contributed by atoms with E-state index in [2.05, 4.69) is 26.4 Å². The maximum atomic E-state index is 9.72. The average molecular weight is 334 g/mol. The molecule has 7 nitrogen and oxygen atoms in total. The summed E-state index contributed by atoms with van der Waals surface area (Å²) in [5.74, 6) is 0.647. The highest BCUT2D eigenvalue weighted by molar-refractivity contribution is 5.69. The van der Waals surface area contributed by atoms with Crippen molar-refractivity contribution in [3.05, 3.63) is 57.0 Å². The monoisotopic (exact) mass is 334 g/mol. The molecule has 0 spiro atoms. The SMILES string of the molecule is Cc1cccc(Nc2nc(N=[N+]=[N-])c3c(c2C#N)CC(C)(C)OC3)c1. The van der Waals surface area contributed by atoms with Gasteiger partial charge >= 0.3 is 0 Å². The molecule has 1 aliphatic rings. The van der Waals surface area contributed by atoms with Crippen LogP contribution in [-0.2, 0) is 17.8 Å². The minimum absolute atomic E-state index is 0.252. The van der Waals surface area contributed by atoms with E-state index in [4.69, 9.17) is 10.3 Å². The zero-order valence-electron chi connectivity index (χ0n) is 14.4. The van der Waals surface area contributed by atoms with Crippen molar-refractivity contribution in [1.82, 2.24) is 4.98 Å². The second-order valence-corrected chi connectivity index (χ2v) is 6.64. The molecular formula is C18H18N6O. The van der Waals surface area contributed by atoms with E-state index >= 15 is 0 Å². The molecule has 1 N–H and O–H groups in total. The summed E-state index contributed by atoms with van der Waals surface area (Å²) in [6.07, 6.45) is 0.546. The summed E-state index contributed by atoms with van der Waals surface area (Å²) in [6.45, 7) is 6.20. The lowest BCUT2D eigenvalue weighted by molar-refractivity contribution is -0.0399. The zero-order valence-corrected chi connectivity index (χ0v) is 14.4. The van der Waals surface area contributed by atoms with Gasteiger partial charge in [0.15, 0.2) is 0 Å². The lowest BCUT2D eigenvalue weighted by atomic mass is 9.89. The average Bonchev–Trinajstić information content (AvgIpc) is 2.54. The summed E-state index contributed by atoms with van der Waals surface area (Å²) >= 11 is 0. The number of nitrogens with one attached hydrogen (secondary N) is 1. The summed E-state index contributed by atoms with van der Waals surface area (Å²) in [5, 5.41) is 16.6. The molecule has 0 unspecified atom stereocenters. The second-order valence-electron chi connectivity index (χ2n) is 6.64. The first-order chi connectivity index (χ1) is 11.9. The minimum atomic E-state index is -0.395. The van der Waals surface area contributed by atoms with Crippen LogP contribution in [0.4, 0.5) is 17.3 Å². The third-order valence-electron chi connectivity index (χ3n) is 4.13. The van der Waals surface area contributed by atoms with Gasteiger partial charge in [0.2, 0.25) is 0 Å². The zero-order chi connectivity index (χ0) is 18.0. The summed E-state index contributed by atoms with van der Waals surface area (Å²) in [6, 6.07) is 10.0. The third-order valence-corrected chi connectivity index (χ3v) is 4.13. The van der Waals surface area contributed by atoms with Gasteiger partial charge in [0.25, 0.3) is 0 Å². The molecule has 1 aliphatic heterocycles. The molecule has 2 heterocycles. The van der Waals surface area contributed by atoms with Crippen molar-refractivity contribution >= 4 is 17.3 Å². The molecule has 7 heteroatoms. The van der Waals surface area contributed by atoms with Gasteiger partial charge in [-0.25, -0.2) is 4.98 Å². The Morgan fingerprint density at radius 2 is 2.20 bits per heavy atom. The predicted octanol–water partition coefficient (Wildman–Crippen LogP) is 4.80. The molecule has 0 amide bonds. The molecule has 0 atom stereocenters. The fourth-order valence-corrected chi connectivity index (χ4v) is 2.94. The Balaban J connectivity index is 2.17. The molecular weight excluding hydrogens is 316 g/mol. The fourth-order valence-electron chi connectivity index (χ4n) is 2.94. The van der Waals surface area contributed by atoms with Crippen LogP contribution in [-0.4, -0.2) is 10.6 Å². The molecule has 0 saturated heterocycles. The van der Waals surface area contributed by atoms with Crippen molar-refractivity contribution < 1.29 is 4.74 Å². The third kappa shape index (κ3) is 3.41. The summed E-state index contributed by atoms with van der Waals surface area (Å²) in [5.41, 5.74) is 12.3. The first-order valence-corrected chi connectivity index (χ1v) is 7.92. The van der Waals surface area contributed by atoms with Crippen molar-refractivity contribution in [2.24, 2.45) is 5.11 Å². The van der Waals surface area contributed by atoms with Crippen LogP contribution < -0.4 is 5.32 Å². The van der Waals surface area contributed by atoms with Gasteiger partial charge in [-0.15, -0.1) is 0 Å². The van der Waals surface area contributed by atoms with Crippen LogP contribution in [0.15, 0.2) is 29.4 Å². The lowest BCUT2D eigenvalue weighted by Gasteiger charge is -2.33. The smallest absolute Gasteiger partial charge is 0.149 e. The number of hydrogen-bond acceptors (Lipinski definition) is 5. The van der Waals surface area contributed by atoms with Gasteiger partial charge < -0.3 is 10.1 Å². The van der Waals surface area contributed by atoms with Crippen LogP contribution >= 0.6 is 0 Å². The van der Waals surface area contributed by atoms with Gasteiger partial charge in [0, 0.05) is 22.6 Å². The molecule has 0 radical (unpaired) electrons. The normalized spacial score (nSPS) is 14.8. The molecule has 2 aromatic rings. The molecule has 3 rings (SSSR count). The molecule has 25 heavy (non-hydrogen) atoms. The highest BCUT2D eigenvalue weighted by atomic mass is 16.5. The Labute approximate surface area is 145 Å². The number of fused-ring (bicyclic) bond motifs is 1. The van der Waals surface area contributed by atoms with Crippen LogP contribution in [0.5, 0.6) is 0 Å². The second kappa shape index (κ2) is 6.44. The van der Waals surface area contributed by atoms with E-state index in [1.54, 1.807) is 0 Å². The standard InChI is InChI=1S/C18H18N6O/c1-11-5-4-6-12(7-11)21-16-14(9-19)13-8-18(2,3)25-10-15(13)17(22-16)23-24-20/h4-7H,8,10H2,1-3H3,(H,21,22). The molecule has 1 aromatic heterocycles. The van der Waals surface area contributed by atoms with Crippen molar-refractivity contribution in [3.8, 4) is 6.07 Å². The first-order valence-electron chi connectivity index (χ1n) is 7.92. The van der Waals surface area contributed by atoms with Gasteiger partial charge in [-0.2, -0.15) is 5.26 Å². The highest BCUT2D eigenvalue weighted by Gasteiger charge is 2.31. The number of anilines is 2. The number of nitriles is 1. The summed E-state index contributed by atoms with van der Waals surface area (Å²) in [4.78, 5) is 7.25. The largest absolute Gasteiger partial charge is 0.370 e. The van der Waals surface area contributed by atoms with Crippen molar-refractivity contribution in [2.45, 2.75) is 39.4 Å². The predicted molar refractivity (Wildman–Crippen MR) is 94.8 cm³/mol. The molecule has 0 bridgehead atoms.